The minimum Gasteiger partial charge on any atom is -0.497 e. The molecule has 0 unspecified atom stereocenters. The molecule has 18 heavy (non-hydrogen) atoms. The van der Waals surface area contributed by atoms with Crippen LogP contribution in [0.4, 0.5) is 0 Å². The molecule has 0 fully saturated rings. The van der Waals surface area contributed by atoms with Crippen LogP contribution in [0, 0.1) is 6.92 Å². The molecule has 4 heteroatoms. The van der Waals surface area contributed by atoms with E-state index < -0.39 is 0 Å². The smallest absolute Gasteiger partial charge is 0.123 e. The molecule has 2 aromatic rings. The molecule has 0 radical (unpaired) electrons. The number of aliphatic hydroxyl groups excluding tert-OH is 1. The average Bonchev–Trinajstić information content (AvgIpc) is 2.78. The lowest BCUT2D eigenvalue weighted by Gasteiger charge is -2.01. The van der Waals surface area contributed by atoms with Gasteiger partial charge in [-0.2, -0.15) is 0 Å². The van der Waals surface area contributed by atoms with E-state index in [9.17, 15) is 0 Å². The fourth-order valence-corrected chi connectivity index (χ4v) is 2.88. The van der Waals surface area contributed by atoms with Crippen LogP contribution in [0.15, 0.2) is 24.3 Å². The SMILES string of the molecule is COc1cccc(-c2nc(C)c(CCCO)s2)c1. The van der Waals surface area contributed by atoms with E-state index in [1.165, 1.54) is 4.88 Å². The van der Waals surface area contributed by atoms with Crippen molar-refractivity contribution in [2.24, 2.45) is 0 Å². The van der Waals surface area contributed by atoms with Gasteiger partial charge in [-0.1, -0.05) is 12.1 Å². The fourth-order valence-electron chi connectivity index (χ4n) is 1.78. The molecule has 0 amide bonds. The highest BCUT2D eigenvalue weighted by Crippen LogP contribution is 2.30. The number of thiazole rings is 1. The van der Waals surface area contributed by atoms with Crippen molar-refractivity contribution in [3.8, 4) is 16.3 Å². The van der Waals surface area contributed by atoms with Crippen LogP contribution in [-0.2, 0) is 6.42 Å². The molecular formula is C14H17NO2S. The van der Waals surface area contributed by atoms with Crippen molar-refractivity contribution in [3.05, 3.63) is 34.8 Å². The van der Waals surface area contributed by atoms with Gasteiger partial charge in [0.1, 0.15) is 10.8 Å². The van der Waals surface area contributed by atoms with E-state index >= 15 is 0 Å². The molecule has 1 N–H and O–H groups in total. The van der Waals surface area contributed by atoms with Gasteiger partial charge in [-0.05, 0) is 31.9 Å². The number of hydrogen-bond acceptors (Lipinski definition) is 4. The summed E-state index contributed by atoms with van der Waals surface area (Å²) < 4.78 is 5.22. The van der Waals surface area contributed by atoms with Gasteiger partial charge in [-0.3, -0.25) is 0 Å². The summed E-state index contributed by atoms with van der Waals surface area (Å²) in [6.07, 6.45) is 1.69. The quantitative estimate of drug-likeness (QED) is 0.901. The van der Waals surface area contributed by atoms with Gasteiger partial charge in [0.05, 0.1) is 12.8 Å². The van der Waals surface area contributed by atoms with Crippen LogP contribution in [0.2, 0.25) is 0 Å². The molecule has 1 aromatic carbocycles. The monoisotopic (exact) mass is 263 g/mol. The third kappa shape index (κ3) is 2.89. The zero-order valence-electron chi connectivity index (χ0n) is 10.6. The number of nitrogens with zero attached hydrogens (tertiary/aromatic N) is 1. The number of benzene rings is 1. The van der Waals surface area contributed by atoms with Gasteiger partial charge < -0.3 is 9.84 Å². The van der Waals surface area contributed by atoms with Gasteiger partial charge in [0, 0.05) is 17.0 Å². The fraction of sp³-hybridized carbons (Fsp3) is 0.357. The lowest BCUT2D eigenvalue weighted by Crippen LogP contribution is -1.88. The Labute approximate surface area is 111 Å². The Balaban J connectivity index is 2.27. The minimum absolute atomic E-state index is 0.228. The highest BCUT2D eigenvalue weighted by atomic mass is 32.1. The number of methoxy groups -OCH3 is 1. The van der Waals surface area contributed by atoms with Crippen LogP contribution in [0.1, 0.15) is 17.0 Å². The summed E-state index contributed by atoms with van der Waals surface area (Å²) in [5, 5.41) is 9.89. The van der Waals surface area contributed by atoms with E-state index in [-0.39, 0.29) is 6.61 Å². The summed E-state index contributed by atoms with van der Waals surface area (Å²) in [4.78, 5) is 5.84. The van der Waals surface area contributed by atoms with Gasteiger partial charge >= 0.3 is 0 Å². The van der Waals surface area contributed by atoms with Gasteiger partial charge in [-0.25, -0.2) is 4.98 Å². The third-order valence-corrected chi connectivity index (χ3v) is 4.04. The molecule has 0 saturated heterocycles. The molecule has 96 valence electrons. The number of aryl methyl sites for hydroxylation is 2. The summed E-state index contributed by atoms with van der Waals surface area (Å²) >= 11 is 1.69. The van der Waals surface area contributed by atoms with E-state index in [1.807, 2.05) is 31.2 Å². The lowest BCUT2D eigenvalue weighted by molar-refractivity contribution is 0.289. The predicted octanol–water partition coefficient (Wildman–Crippen LogP) is 3.05. The second-order valence-electron chi connectivity index (χ2n) is 4.09. The van der Waals surface area contributed by atoms with Crippen LogP contribution in [0.25, 0.3) is 10.6 Å². The van der Waals surface area contributed by atoms with Gasteiger partial charge in [-0.15, -0.1) is 11.3 Å². The Morgan fingerprint density at radius 2 is 2.22 bits per heavy atom. The van der Waals surface area contributed by atoms with Crippen molar-refractivity contribution in [2.75, 3.05) is 13.7 Å². The van der Waals surface area contributed by atoms with Crippen molar-refractivity contribution in [3.63, 3.8) is 0 Å². The largest absolute Gasteiger partial charge is 0.497 e. The topological polar surface area (TPSA) is 42.4 Å². The van der Waals surface area contributed by atoms with Gasteiger partial charge in [0.15, 0.2) is 0 Å². The standard InChI is InChI=1S/C14H17NO2S/c1-10-13(7-4-8-16)18-14(15-10)11-5-3-6-12(9-11)17-2/h3,5-6,9,16H,4,7-8H2,1-2H3. The maximum Gasteiger partial charge on any atom is 0.123 e. The van der Waals surface area contributed by atoms with E-state index in [1.54, 1.807) is 18.4 Å². The first-order chi connectivity index (χ1) is 8.74. The molecule has 3 nitrogen and oxygen atoms in total. The van der Waals surface area contributed by atoms with Crippen LogP contribution < -0.4 is 4.74 Å². The zero-order valence-corrected chi connectivity index (χ0v) is 11.5. The van der Waals surface area contributed by atoms with Crippen molar-refractivity contribution in [1.82, 2.24) is 4.98 Å². The molecule has 1 heterocycles. The highest BCUT2D eigenvalue weighted by Gasteiger charge is 2.09. The first kappa shape index (κ1) is 13.1. The molecule has 0 saturated carbocycles. The summed E-state index contributed by atoms with van der Waals surface area (Å²) in [5.74, 6) is 0.845. The van der Waals surface area contributed by atoms with Gasteiger partial charge in [0.25, 0.3) is 0 Å². The van der Waals surface area contributed by atoms with Crippen LogP contribution in [0.5, 0.6) is 5.75 Å². The lowest BCUT2D eigenvalue weighted by atomic mass is 10.2. The first-order valence-electron chi connectivity index (χ1n) is 5.96. The molecule has 0 spiro atoms. The Kier molecular flexibility index (Phi) is 4.33. The maximum atomic E-state index is 8.88. The van der Waals surface area contributed by atoms with Crippen LogP contribution in [-0.4, -0.2) is 23.8 Å². The summed E-state index contributed by atoms with van der Waals surface area (Å²) in [6.45, 7) is 2.25. The summed E-state index contributed by atoms with van der Waals surface area (Å²) in [6, 6.07) is 7.93. The average molecular weight is 263 g/mol. The number of aliphatic hydroxyl groups is 1. The molecule has 0 aliphatic heterocycles. The molecule has 1 aromatic heterocycles. The second-order valence-corrected chi connectivity index (χ2v) is 5.17. The minimum atomic E-state index is 0.228. The number of hydrogen-bond donors (Lipinski definition) is 1. The third-order valence-electron chi connectivity index (χ3n) is 2.77. The van der Waals surface area contributed by atoms with E-state index in [2.05, 4.69) is 4.98 Å². The Morgan fingerprint density at radius 3 is 2.94 bits per heavy atom. The van der Waals surface area contributed by atoms with E-state index in [4.69, 9.17) is 9.84 Å². The van der Waals surface area contributed by atoms with E-state index in [0.29, 0.717) is 0 Å². The van der Waals surface area contributed by atoms with Crippen molar-refractivity contribution in [2.45, 2.75) is 19.8 Å². The van der Waals surface area contributed by atoms with Crippen LogP contribution >= 0.6 is 11.3 Å². The molecular weight excluding hydrogens is 246 g/mol. The highest BCUT2D eigenvalue weighted by molar-refractivity contribution is 7.15. The Hall–Kier alpha value is -1.39. The Morgan fingerprint density at radius 1 is 1.39 bits per heavy atom. The van der Waals surface area contributed by atoms with Crippen LogP contribution in [0.3, 0.4) is 0 Å². The molecule has 0 aliphatic carbocycles. The number of aromatic nitrogens is 1. The second kappa shape index (κ2) is 5.98. The van der Waals surface area contributed by atoms with E-state index in [0.717, 1.165) is 34.9 Å². The molecule has 0 bridgehead atoms. The number of rotatable bonds is 5. The predicted molar refractivity (Wildman–Crippen MR) is 74.2 cm³/mol. The molecule has 0 aliphatic rings. The molecule has 0 atom stereocenters. The van der Waals surface area contributed by atoms with Crippen molar-refractivity contribution in [1.29, 1.82) is 0 Å². The zero-order chi connectivity index (χ0) is 13.0. The first-order valence-corrected chi connectivity index (χ1v) is 6.78. The maximum absolute atomic E-state index is 8.88. The van der Waals surface area contributed by atoms with Crippen molar-refractivity contribution >= 4 is 11.3 Å². The normalized spacial score (nSPS) is 10.6. The number of ether oxygens (including phenoxy) is 1. The summed E-state index contributed by atoms with van der Waals surface area (Å²) in [5.41, 5.74) is 2.14. The Bertz CT molecular complexity index is 522. The summed E-state index contributed by atoms with van der Waals surface area (Å²) in [7, 11) is 1.67. The van der Waals surface area contributed by atoms with Crippen molar-refractivity contribution < 1.29 is 9.84 Å². The molecule has 2 rings (SSSR count). The van der Waals surface area contributed by atoms with Gasteiger partial charge in [0.2, 0.25) is 0 Å².